The molecule has 90 valence electrons. The topological polar surface area (TPSA) is 42.0 Å². The van der Waals surface area contributed by atoms with Gasteiger partial charge in [-0.1, -0.05) is 11.6 Å². The lowest BCUT2D eigenvalue weighted by atomic mass is 10.2. The number of hydrogen-bond acceptors (Lipinski definition) is 3. The van der Waals surface area contributed by atoms with Crippen molar-refractivity contribution in [2.45, 2.75) is 18.8 Å². The Hall–Kier alpha value is -0.840. The van der Waals surface area contributed by atoms with Crippen LogP contribution in [0.15, 0.2) is 18.2 Å². The van der Waals surface area contributed by atoms with Gasteiger partial charge in [0.15, 0.2) is 0 Å². The Kier molecular flexibility index (Phi) is 3.86. The molecule has 0 spiro atoms. The van der Waals surface area contributed by atoms with Gasteiger partial charge in [0.1, 0.15) is 5.38 Å². The monoisotopic (exact) mass is 288 g/mol. The predicted molar refractivity (Wildman–Crippen MR) is 71.8 cm³/mol. The van der Waals surface area contributed by atoms with E-state index < -0.39 is 5.38 Å². The molecule has 6 heteroatoms. The fraction of sp³-hybridized carbons (Fsp3) is 0.273. The van der Waals surface area contributed by atoms with Gasteiger partial charge < -0.3 is 5.32 Å². The van der Waals surface area contributed by atoms with Crippen LogP contribution in [-0.2, 0) is 11.3 Å². The third kappa shape index (κ3) is 2.89. The Morgan fingerprint density at radius 1 is 1.59 bits per heavy atom. The minimum atomic E-state index is -0.538. The van der Waals surface area contributed by atoms with E-state index in [0.29, 0.717) is 11.6 Å². The van der Waals surface area contributed by atoms with E-state index in [-0.39, 0.29) is 5.91 Å². The van der Waals surface area contributed by atoms with Crippen LogP contribution in [-0.4, -0.2) is 15.7 Å². The van der Waals surface area contributed by atoms with Crippen LogP contribution in [0, 0.1) is 0 Å². The first kappa shape index (κ1) is 12.6. The number of amides is 1. The van der Waals surface area contributed by atoms with E-state index in [1.54, 1.807) is 6.92 Å². The molecule has 1 aromatic carbocycles. The van der Waals surface area contributed by atoms with Crippen molar-refractivity contribution in [1.29, 1.82) is 0 Å². The molecule has 0 bridgehead atoms. The molecule has 0 saturated heterocycles. The highest BCUT2D eigenvalue weighted by atomic mass is 35.5. The number of carbonyl (C=O) groups excluding carboxylic acids is 1. The van der Waals surface area contributed by atoms with Crippen molar-refractivity contribution >= 4 is 50.7 Å². The zero-order valence-corrected chi connectivity index (χ0v) is 11.4. The highest BCUT2D eigenvalue weighted by Gasteiger charge is 2.11. The number of nitrogens with one attached hydrogen (secondary N) is 1. The van der Waals surface area contributed by atoms with Crippen molar-refractivity contribution in [2.24, 2.45) is 0 Å². The minimum Gasteiger partial charge on any atom is -0.349 e. The molecule has 2 rings (SSSR count). The van der Waals surface area contributed by atoms with Crippen LogP contribution in [0.25, 0.3) is 10.1 Å². The van der Waals surface area contributed by atoms with Gasteiger partial charge in [0, 0.05) is 10.4 Å². The van der Waals surface area contributed by atoms with Crippen molar-refractivity contribution in [3.8, 4) is 0 Å². The summed E-state index contributed by atoms with van der Waals surface area (Å²) in [7, 11) is 0. The molecule has 0 aliphatic heterocycles. The Labute approximate surface area is 113 Å². The van der Waals surface area contributed by atoms with Crippen LogP contribution < -0.4 is 5.32 Å². The molecule has 0 aliphatic rings. The lowest BCUT2D eigenvalue weighted by molar-refractivity contribution is -0.120. The van der Waals surface area contributed by atoms with E-state index >= 15 is 0 Å². The lowest BCUT2D eigenvalue weighted by Crippen LogP contribution is -2.29. The summed E-state index contributed by atoms with van der Waals surface area (Å²) >= 11 is 13.0. The number of benzene rings is 1. The third-order valence-corrected chi connectivity index (χ3v) is 3.60. The zero-order chi connectivity index (χ0) is 12.4. The first-order valence-electron chi connectivity index (χ1n) is 5.03. The molecule has 17 heavy (non-hydrogen) atoms. The maximum absolute atomic E-state index is 11.3. The summed E-state index contributed by atoms with van der Waals surface area (Å²) in [6, 6.07) is 5.60. The van der Waals surface area contributed by atoms with E-state index in [9.17, 15) is 4.79 Å². The van der Waals surface area contributed by atoms with Crippen LogP contribution >= 0.6 is 34.7 Å². The van der Waals surface area contributed by atoms with Crippen molar-refractivity contribution in [2.75, 3.05) is 0 Å². The molecular weight excluding hydrogens is 279 g/mol. The lowest BCUT2D eigenvalue weighted by Gasteiger charge is -2.04. The molecular formula is C11H10Cl2N2OS. The minimum absolute atomic E-state index is 0.199. The highest BCUT2D eigenvalue weighted by Crippen LogP contribution is 2.25. The van der Waals surface area contributed by atoms with E-state index in [4.69, 9.17) is 23.2 Å². The Bertz CT molecular complexity index is 553. The molecule has 2 aromatic rings. The Morgan fingerprint density at radius 2 is 2.35 bits per heavy atom. The Balaban J connectivity index is 2.19. The summed E-state index contributed by atoms with van der Waals surface area (Å²) in [5.74, 6) is -0.199. The second-order valence-electron chi connectivity index (χ2n) is 3.60. The summed E-state index contributed by atoms with van der Waals surface area (Å²) in [5, 5.41) is 3.83. The van der Waals surface area contributed by atoms with Gasteiger partial charge in [-0.05, 0) is 36.7 Å². The van der Waals surface area contributed by atoms with Gasteiger partial charge >= 0.3 is 0 Å². The van der Waals surface area contributed by atoms with E-state index in [1.807, 2.05) is 18.2 Å². The smallest absolute Gasteiger partial charge is 0.238 e. The number of aromatic nitrogens is 1. The maximum Gasteiger partial charge on any atom is 0.238 e. The van der Waals surface area contributed by atoms with E-state index in [1.165, 1.54) is 11.5 Å². The van der Waals surface area contributed by atoms with Gasteiger partial charge in [0.05, 0.1) is 16.9 Å². The molecule has 1 unspecified atom stereocenters. The standard InChI is InChI=1S/C11H10Cl2N2OS/c1-6(12)11(16)14-5-9-8-4-7(13)2-3-10(8)17-15-9/h2-4,6H,5H2,1H3,(H,14,16). The summed E-state index contributed by atoms with van der Waals surface area (Å²) in [4.78, 5) is 11.3. The molecule has 0 fully saturated rings. The molecule has 1 atom stereocenters. The Morgan fingerprint density at radius 3 is 3.06 bits per heavy atom. The number of fused-ring (bicyclic) bond motifs is 1. The molecule has 1 heterocycles. The van der Waals surface area contributed by atoms with Crippen molar-refractivity contribution in [3.63, 3.8) is 0 Å². The fourth-order valence-electron chi connectivity index (χ4n) is 1.40. The third-order valence-electron chi connectivity index (χ3n) is 2.30. The largest absolute Gasteiger partial charge is 0.349 e. The fourth-order valence-corrected chi connectivity index (χ4v) is 2.42. The number of carbonyl (C=O) groups is 1. The second kappa shape index (κ2) is 5.21. The summed E-state index contributed by atoms with van der Waals surface area (Å²) in [6.45, 7) is 2.00. The number of nitrogens with zero attached hydrogens (tertiary/aromatic N) is 1. The first-order chi connectivity index (χ1) is 8.08. The average Bonchev–Trinajstić information content (AvgIpc) is 2.68. The molecule has 0 radical (unpaired) electrons. The van der Waals surface area contributed by atoms with Gasteiger partial charge in [-0.3, -0.25) is 4.79 Å². The van der Waals surface area contributed by atoms with Crippen molar-refractivity contribution in [1.82, 2.24) is 9.69 Å². The molecule has 0 aliphatic carbocycles. The van der Waals surface area contributed by atoms with Crippen LogP contribution in [0.5, 0.6) is 0 Å². The van der Waals surface area contributed by atoms with Gasteiger partial charge in [0.25, 0.3) is 0 Å². The van der Waals surface area contributed by atoms with Crippen LogP contribution in [0.2, 0.25) is 5.02 Å². The SMILES string of the molecule is CC(Cl)C(=O)NCc1nsc2ccc(Cl)cc12. The molecule has 1 N–H and O–H groups in total. The van der Waals surface area contributed by atoms with Crippen molar-refractivity contribution in [3.05, 3.63) is 28.9 Å². The van der Waals surface area contributed by atoms with Gasteiger partial charge in [-0.15, -0.1) is 11.6 Å². The van der Waals surface area contributed by atoms with E-state index in [2.05, 4.69) is 9.69 Å². The number of hydrogen-bond donors (Lipinski definition) is 1. The molecule has 3 nitrogen and oxygen atoms in total. The zero-order valence-electron chi connectivity index (χ0n) is 9.04. The number of halogens is 2. The number of alkyl halides is 1. The van der Waals surface area contributed by atoms with Gasteiger partial charge in [-0.2, -0.15) is 4.37 Å². The summed E-state index contributed by atoms with van der Waals surface area (Å²) in [6.07, 6.45) is 0. The average molecular weight is 289 g/mol. The second-order valence-corrected chi connectivity index (χ2v) is 5.50. The summed E-state index contributed by atoms with van der Waals surface area (Å²) in [5.41, 5.74) is 0.818. The summed E-state index contributed by atoms with van der Waals surface area (Å²) < 4.78 is 5.35. The normalized spacial score (nSPS) is 12.6. The molecule has 1 aromatic heterocycles. The molecule has 1 amide bonds. The quantitative estimate of drug-likeness (QED) is 0.882. The van der Waals surface area contributed by atoms with Gasteiger partial charge in [0.2, 0.25) is 5.91 Å². The van der Waals surface area contributed by atoms with Crippen LogP contribution in [0.3, 0.4) is 0 Å². The predicted octanol–water partition coefficient (Wildman–Crippen LogP) is 3.19. The van der Waals surface area contributed by atoms with Gasteiger partial charge in [-0.25, -0.2) is 0 Å². The van der Waals surface area contributed by atoms with Crippen LogP contribution in [0.4, 0.5) is 0 Å². The van der Waals surface area contributed by atoms with Crippen molar-refractivity contribution < 1.29 is 4.79 Å². The maximum atomic E-state index is 11.3. The molecule has 0 saturated carbocycles. The first-order valence-corrected chi connectivity index (χ1v) is 6.62. The number of rotatable bonds is 3. The van der Waals surface area contributed by atoms with Crippen LogP contribution in [0.1, 0.15) is 12.6 Å². The van der Waals surface area contributed by atoms with E-state index in [0.717, 1.165) is 15.8 Å². The highest BCUT2D eigenvalue weighted by molar-refractivity contribution is 7.13.